The molecule has 1 aromatic carbocycles. The molecule has 0 aliphatic heterocycles. The molecule has 0 fully saturated rings. The molecule has 0 spiro atoms. The lowest BCUT2D eigenvalue weighted by atomic mass is 10.1. The Morgan fingerprint density at radius 3 is 2.82 bits per heavy atom. The Balaban J connectivity index is 1.97. The minimum atomic E-state index is -2.61. The molecule has 1 aromatic heterocycles. The number of aromatic nitrogens is 1. The van der Waals surface area contributed by atoms with E-state index in [4.69, 9.17) is 9.31 Å². The van der Waals surface area contributed by atoms with Crippen LogP contribution in [0.1, 0.15) is 17.2 Å². The summed E-state index contributed by atoms with van der Waals surface area (Å²) in [5.41, 5.74) is 1.12. The highest BCUT2D eigenvalue weighted by Gasteiger charge is 2.15. The first-order valence-corrected chi connectivity index (χ1v) is 6.13. The van der Waals surface area contributed by atoms with Crippen LogP contribution >= 0.6 is 8.25 Å². The fourth-order valence-electron chi connectivity index (χ4n) is 1.40. The monoisotopic (exact) mass is 252 g/mol. The predicted molar refractivity (Wildman–Crippen MR) is 60.4 cm³/mol. The Hall–Kier alpha value is -1.55. The van der Waals surface area contributed by atoms with E-state index in [0.29, 0.717) is 18.1 Å². The second kappa shape index (κ2) is 5.68. The first-order valence-electron chi connectivity index (χ1n) is 5.00. The summed E-state index contributed by atoms with van der Waals surface area (Å²) in [5.74, 6) is 0.997. The van der Waals surface area contributed by atoms with Gasteiger partial charge in [0.25, 0.3) is 0 Å². The Bertz CT molecular complexity index is 497. The molecule has 0 saturated heterocycles. The lowest BCUT2D eigenvalue weighted by Crippen LogP contribution is -1.85. The van der Waals surface area contributed by atoms with Gasteiger partial charge in [0, 0.05) is 11.0 Å². The van der Waals surface area contributed by atoms with E-state index >= 15 is 0 Å². The molecule has 1 atom stereocenters. The third-order valence-electron chi connectivity index (χ3n) is 2.12. The second-order valence-electron chi connectivity index (χ2n) is 3.39. The van der Waals surface area contributed by atoms with E-state index in [1.807, 2.05) is 30.3 Å². The van der Waals surface area contributed by atoms with E-state index in [0.717, 1.165) is 5.56 Å². The number of rotatable bonds is 5. The maximum absolute atomic E-state index is 10.3. The van der Waals surface area contributed by atoms with Crippen molar-refractivity contribution in [2.45, 2.75) is 13.0 Å². The van der Waals surface area contributed by atoms with Crippen LogP contribution < -0.4 is 0 Å². The zero-order valence-corrected chi connectivity index (χ0v) is 9.84. The van der Waals surface area contributed by atoms with E-state index < -0.39 is 8.25 Å². The van der Waals surface area contributed by atoms with Crippen molar-refractivity contribution in [3.8, 4) is 0 Å². The largest absolute Gasteiger partial charge is 0.695 e. The average Bonchev–Trinajstić information content (AvgIpc) is 2.75. The van der Waals surface area contributed by atoms with Crippen LogP contribution in [0.5, 0.6) is 0 Å². The molecule has 1 heterocycles. The predicted octanol–water partition coefficient (Wildman–Crippen LogP) is 2.43. The Morgan fingerprint density at radius 1 is 1.35 bits per heavy atom. The molecule has 1 N–H and O–H groups in total. The van der Waals surface area contributed by atoms with E-state index in [2.05, 4.69) is 9.51 Å². The van der Waals surface area contributed by atoms with Crippen molar-refractivity contribution >= 4 is 8.25 Å². The highest BCUT2D eigenvalue weighted by atomic mass is 31.1. The molecule has 0 amide bonds. The normalized spacial score (nSPS) is 11.5. The number of benzene rings is 1. The van der Waals surface area contributed by atoms with Crippen LogP contribution in [-0.2, 0) is 22.1 Å². The molecule has 0 radical (unpaired) electrons. The third-order valence-corrected chi connectivity index (χ3v) is 2.47. The first kappa shape index (κ1) is 11.9. The molecule has 6 heteroatoms. The number of oxazole rings is 1. The smallest absolute Gasteiger partial charge is 0.443 e. The number of hydrogen-bond acceptors (Lipinski definition) is 4. The molecule has 1 unspecified atom stereocenters. The lowest BCUT2D eigenvalue weighted by molar-refractivity contribution is 0.239. The van der Waals surface area contributed by atoms with Gasteiger partial charge in [0.05, 0.1) is 6.20 Å². The van der Waals surface area contributed by atoms with Gasteiger partial charge in [-0.05, 0) is 5.56 Å². The fourth-order valence-corrected chi connectivity index (χ4v) is 1.62. The van der Waals surface area contributed by atoms with Crippen LogP contribution in [0.4, 0.5) is 0 Å². The van der Waals surface area contributed by atoms with Crippen molar-refractivity contribution in [2.24, 2.45) is 0 Å². The highest BCUT2D eigenvalue weighted by Crippen LogP contribution is 2.18. The molecule has 0 saturated carbocycles. The molecule has 0 aliphatic carbocycles. The van der Waals surface area contributed by atoms with Gasteiger partial charge in [0.2, 0.25) is 5.89 Å². The van der Waals surface area contributed by atoms with E-state index in [9.17, 15) is 4.57 Å². The van der Waals surface area contributed by atoms with Crippen LogP contribution in [0, 0.1) is 0 Å². The van der Waals surface area contributed by atoms with Gasteiger partial charge in [0.1, 0.15) is 5.76 Å². The Kier molecular flexibility index (Phi) is 3.98. The fraction of sp³-hybridized carbons (Fsp3) is 0.182. The zero-order valence-electron chi connectivity index (χ0n) is 8.94. The third kappa shape index (κ3) is 3.75. The summed E-state index contributed by atoms with van der Waals surface area (Å²) >= 11 is 0. The summed E-state index contributed by atoms with van der Waals surface area (Å²) in [5, 5.41) is 0. The Labute approximate surface area is 99.0 Å². The van der Waals surface area contributed by atoms with Gasteiger partial charge in [-0.3, -0.25) is 0 Å². The molecule has 2 aromatic rings. The number of hydrogen-bond donors (Lipinski definition) is 1. The lowest BCUT2D eigenvalue weighted by Gasteiger charge is -1.95. The summed E-state index contributed by atoms with van der Waals surface area (Å²) in [4.78, 5) is 12.4. The molecule has 0 bridgehead atoms. The highest BCUT2D eigenvalue weighted by molar-refractivity contribution is 7.32. The van der Waals surface area contributed by atoms with Crippen molar-refractivity contribution in [1.82, 2.24) is 4.98 Å². The summed E-state index contributed by atoms with van der Waals surface area (Å²) in [6.07, 6.45) is 2.23. The van der Waals surface area contributed by atoms with Crippen LogP contribution in [-0.4, -0.2) is 9.88 Å². The summed E-state index contributed by atoms with van der Waals surface area (Å²) in [6.45, 7) is -0.0967. The molecule has 2 rings (SSSR count). The van der Waals surface area contributed by atoms with Gasteiger partial charge < -0.3 is 4.42 Å². The van der Waals surface area contributed by atoms with E-state index in [1.165, 1.54) is 0 Å². The van der Waals surface area contributed by atoms with Gasteiger partial charge >= 0.3 is 8.25 Å². The van der Waals surface area contributed by atoms with Crippen LogP contribution in [0.25, 0.3) is 0 Å². The minimum Gasteiger partial charge on any atom is -0.443 e. The van der Waals surface area contributed by atoms with Gasteiger partial charge in [-0.25, -0.2) is 4.98 Å². The standard InChI is InChI=1S/C11H10NO4P/c13-17(14)15-8-11-12-7-10(16-11)6-9-4-2-1-3-5-9/h1-5,7H,6,8H2/p+1. The molecular formula is C11H11NO4P+. The topological polar surface area (TPSA) is 72.6 Å². The summed E-state index contributed by atoms with van der Waals surface area (Å²) in [6, 6.07) is 9.83. The van der Waals surface area contributed by atoms with Crippen molar-refractivity contribution in [3.63, 3.8) is 0 Å². The van der Waals surface area contributed by atoms with Gasteiger partial charge in [-0.15, -0.1) is 9.42 Å². The maximum atomic E-state index is 10.3. The van der Waals surface area contributed by atoms with E-state index in [1.54, 1.807) is 6.20 Å². The minimum absolute atomic E-state index is 0.0967. The summed E-state index contributed by atoms with van der Waals surface area (Å²) in [7, 11) is -2.61. The second-order valence-corrected chi connectivity index (χ2v) is 4.13. The van der Waals surface area contributed by atoms with Gasteiger partial charge in [0.15, 0.2) is 6.61 Å². The average molecular weight is 252 g/mol. The number of nitrogens with zero attached hydrogens (tertiary/aromatic N) is 1. The van der Waals surface area contributed by atoms with Crippen molar-refractivity contribution < 1.29 is 18.4 Å². The summed E-state index contributed by atoms with van der Waals surface area (Å²) < 4.78 is 20.2. The van der Waals surface area contributed by atoms with Crippen LogP contribution in [0.15, 0.2) is 40.9 Å². The SMILES string of the molecule is O=[P+](O)OCc1ncc(Cc2ccccc2)o1. The maximum Gasteiger partial charge on any atom is 0.695 e. The molecule has 17 heavy (non-hydrogen) atoms. The molecular weight excluding hydrogens is 241 g/mol. The van der Waals surface area contributed by atoms with Crippen LogP contribution in [0.3, 0.4) is 0 Å². The quantitative estimate of drug-likeness (QED) is 0.827. The van der Waals surface area contributed by atoms with Gasteiger partial charge in [-0.2, -0.15) is 0 Å². The van der Waals surface area contributed by atoms with E-state index in [-0.39, 0.29) is 6.61 Å². The molecule has 0 aliphatic rings. The van der Waals surface area contributed by atoms with Crippen LogP contribution in [0.2, 0.25) is 0 Å². The van der Waals surface area contributed by atoms with Crippen molar-refractivity contribution in [2.75, 3.05) is 0 Å². The molecule has 5 nitrogen and oxygen atoms in total. The first-order chi connectivity index (χ1) is 8.24. The molecule has 88 valence electrons. The van der Waals surface area contributed by atoms with Crippen molar-refractivity contribution in [3.05, 3.63) is 53.7 Å². The zero-order chi connectivity index (χ0) is 12.1. The van der Waals surface area contributed by atoms with Crippen molar-refractivity contribution in [1.29, 1.82) is 0 Å². The van der Waals surface area contributed by atoms with Gasteiger partial charge in [-0.1, -0.05) is 30.3 Å². The Morgan fingerprint density at radius 2 is 2.12 bits per heavy atom.